The molecular formula is C25H31N3O3. The summed E-state index contributed by atoms with van der Waals surface area (Å²) in [7, 11) is 0. The lowest BCUT2D eigenvalue weighted by molar-refractivity contribution is -0.0621. The molecule has 1 saturated heterocycles. The number of likely N-dealkylation sites (tertiary alicyclic amines) is 1. The van der Waals surface area contributed by atoms with Gasteiger partial charge >= 0.3 is 0 Å². The number of piperidine rings is 1. The highest BCUT2D eigenvalue weighted by atomic mass is 16.5. The van der Waals surface area contributed by atoms with Crippen molar-refractivity contribution in [3.05, 3.63) is 78.4 Å². The summed E-state index contributed by atoms with van der Waals surface area (Å²) in [6, 6.07) is 17.9. The van der Waals surface area contributed by atoms with Gasteiger partial charge in [-0.15, -0.1) is 0 Å². The summed E-state index contributed by atoms with van der Waals surface area (Å²) in [5.74, 6) is 2.66. The van der Waals surface area contributed by atoms with Crippen LogP contribution in [-0.4, -0.2) is 51.5 Å². The van der Waals surface area contributed by atoms with Gasteiger partial charge in [-0.2, -0.15) is 0 Å². The number of hydrogen-bond donors (Lipinski definition) is 1. The van der Waals surface area contributed by atoms with Crippen LogP contribution in [0.3, 0.4) is 0 Å². The van der Waals surface area contributed by atoms with E-state index in [0.29, 0.717) is 19.8 Å². The number of aliphatic hydroxyl groups is 1. The van der Waals surface area contributed by atoms with Gasteiger partial charge in [0.05, 0.1) is 6.54 Å². The van der Waals surface area contributed by atoms with Crippen LogP contribution in [0.25, 0.3) is 0 Å². The van der Waals surface area contributed by atoms with E-state index >= 15 is 0 Å². The average Bonchev–Trinajstić information content (AvgIpc) is 3.18. The highest BCUT2D eigenvalue weighted by molar-refractivity contribution is 5.28. The number of hydrogen-bond acceptors (Lipinski definition) is 5. The van der Waals surface area contributed by atoms with Crippen molar-refractivity contribution in [1.82, 2.24) is 14.5 Å². The lowest BCUT2D eigenvalue weighted by atomic mass is 9.93. The Labute approximate surface area is 184 Å². The van der Waals surface area contributed by atoms with Crippen molar-refractivity contribution < 1.29 is 14.6 Å². The number of imidazole rings is 1. The highest BCUT2D eigenvalue weighted by Crippen LogP contribution is 2.25. The van der Waals surface area contributed by atoms with Crippen LogP contribution in [0.2, 0.25) is 0 Å². The number of rotatable bonds is 9. The summed E-state index contributed by atoms with van der Waals surface area (Å²) in [6.07, 6.45) is 5.48. The molecule has 1 fully saturated rings. The Morgan fingerprint density at radius 2 is 1.90 bits per heavy atom. The van der Waals surface area contributed by atoms with E-state index in [0.717, 1.165) is 49.8 Å². The fourth-order valence-corrected chi connectivity index (χ4v) is 4.09. The first kappa shape index (κ1) is 21.4. The molecule has 1 aliphatic heterocycles. The van der Waals surface area contributed by atoms with Crippen LogP contribution in [0.15, 0.2) is 67.0 Å². The predicted octanol–water partition coefficient (Wildman–Crippen LogP) is 3.68. The van der Waals surface area contributed by atoms with E-state index in [2.05, 4.69) is 26.6 Å². The maximum atomic E-state index is 11.1. The molecule has 2 aromatic carbocycles. The number of aromatic nitrogens is 2. The normalized spacial score (nSPS) is 19.3. The van der Waals surface area contributed by atoms with E-state index in [9.17, 15) is 5.11 Å². The highest BCUT2D eigenvalue weighted by Gasteiger charge is 2.34. The number of ether oxygens (including phenoxy) is 2. The Hall–Kier alpha value is -2.83. The predicted molar refractivity (Wildman–Crippen MR) is 120 cm³/mol. The molecule has 4 rings (SSSR count). The van der Waals surface area contributed by atoms with Crippen LogP contribution in [0.4, 0.5) is 0 Å². The van der Waals surface area contributed by atoms with Crippen molar-refractivity contribution in [2.75, 3.05) is 26.3 Å². The molecule has 164 valence electrons. The average molecular weight is 422 g/mol. The molecule has 31 heavy (non-hydrogen) atoms. The third kappa shape index (κ3) is 6.09. The van der Waals surface area contributed by atoms with Crippen LogP contribution >= 0.6 is 0 Å². The number of nitrogens with zero attached hydrogens (tertiary/aromatic N) is 3. The second kappa shape index (κ2) is 9.98. The van der Waals surface area contributed by atoms with Gasteiger partial charge in [0.1, 0.15) is 36.1 Å². The second-order valence-corrected chi connectivity index (χ2v) is 8.30. The van der Waals surface area contributed by atoms with Gasteiger partial charge in [-0.05, 0) is 56.1 Å². The van der Waals surface area contributed by atoms with Crippen molar-refractivity contribution in [3.63, 3.8) is 0 Å². The first-order chi connectivity index (χ1) is 15.1. The molecule has 0 spiro atoms. The van der Waals surface area contributed by atoms with Crippen LogP contribution in [0.5, 0.6) is 11.5 Å². The first-order valence-electron chi connectivity index (χ1n) is 10.9. The molecule has 6 nitrogen and oxygen atoms in total. The second-order valence-electron chi connectivity index (χ2n) is 8.30. The molecule has 0 bridgehead atoms. The topological polar surface area (TPSA) is 59.8 Å². The third-order valence-corrected chi connectivity index (χ3v) is 5.71. The van der Waals surface area contributed by atoms with E-state index in [4.69, 9.17) is 9.47 Å². The molecule has 0 amide bonds. The Bertz CT molecular complexity index is 959. The third-order valence-electron chi connectivity index (χ3n) is 5.71. The van der Waals surface area contributed by atoms with E-state index in [1.54, 1.807) is 6.20 Å². The van der Waals surface area contributed by atoms with Gasteiger partial charge in [-0.3, -0.25) is 4.90 Å². The molecule has 1 atom stereocenters. The van der Waals surface area contributed by atoms with Crippen LogP contribution < -0.4 is 9.47 Å². The van der Waals surface area contributed by atoms with E-state index < -0.39 is 5.60 Å². The van der Waals surface area contributed by atoms with Crippen LogP contribution in [0.1, 0.15) is 24.2 Å². The van der Waals surface area contributed by atoms with E-state index in [-0.39, 0.29) is 0 Å². The molecule has 1 aliphatic rings. The maximum Gasteiger partial charge on any atom is 0.119 e. The number of para-hydroxylation sites is 1. The quantitative estimate of drug-likeness (QED) is 0.571. The van der Waals surface area contributed by atoms with Gasteiger partial charge < -0.3 is 19.1 Å². The minimum Gasteiger partial charge on any atom is -0.492 e. The van der Waals surface area contributed by atoms with Crippen molar-refractivity contribution >= 4 is 0 Å². The summed E-state index contributed by atoms with van der Waals surface area (Å²) < 4.78 is 13.9. The van der Waals surface area contributed by atoms with Crippen molar-refractivity contribution in [3.8, 4) is 11.5 Å². The molecule has 0 unspecified atom stereocenters. The van der Waals surface area contributed by atoms with Crippen LogP contribution in [-0.2, 0) is 13.1 Å². The lowest BCUT2D eigenvalue weighted by Crippen LogP contribution is -2.51. The standard InChI is InChI=1S/C25H31N3O3/c1-21-26-12-14-28(21)15-16-30-24-10-5-7-22(17-24)18-27-13-6-11-25(29,19-27)20-31-23-8-3-2-4-9-23/h2-5,7-10,12,14,17,29H,6,11,13,15-16,18-20H2,1H3/t25-/m0/s1. The number of β-amino-alcohol motifs (C(OH)–C–C–N with tert-alkyl or cyclic N) is 1. The van der Waals surface area contributed by atoms with E-state index in [1.807, 2.05) is 55.6 Å². The Balaban J connectivity index is 1.29. The molecule has 0 radical (unpaired) electrons. The zero-order valence-corrected chi connectivity index (χ0v) is 18.1. The van der Waals surface area contributed by atoms with Crippen LogP contribution in [0, 0.1) is 6.92 Å². The van der Waals surface area contributed by atoms with Gasteiger partial charge in [0.25, 0.3) is 0 Å². The molecule has 6 heteroatoms. The Morgan fingerprint density at radius 3 is 2.71 bits per heavy atom. The fraction of sp³-hybridized carbons (Fsp3) is 0.400. The lowest BCUT2D eigenvalue weighted by Gasteiger charge is -2.39. The van der Waals surface area contributed by atoms with Gasteiger partial charge in [0.2, 0.25) is 0 Å². The molecule has 0 saturated carbocycles. The molecule has 1 aromatic heterocycles. The summed E-state index contributed by atoms with van der Waals surface area (Å²) in [5, 5.41) is 11.1. The van der Waals surface area contributed by atoms with E-state index in [1.165, 1.54) is 5.56 Å². The van der Waals surface area contributed by atoms with Crippen molar-refractivity contribution in [1.29, 1.82) is 0 Å². The largest absolute Gasteiger partial charge is 0.492 e. The molecule has 3 aromatic rings. The monoisotopic (exact) mass is 421 g/mol. The molecule has 0 aliphatic carbocycles. The summed E-state index contributed by atoms with van der Waals surface area (Å²) >= 11 is 0. The summed E-state index contributed by atoms with van der Waals surface area (Å²) in [6.45, 7) is 6.03. The summed E-state index contributed by atoms with van der Waals surface area (Å²) in [4.78, 5) is 6.53. The molecule has 1 N–H and O–H groups in total. The Morgan fingerprint density at radius 1 is 1.06 bits per heavy atom. The minimum absolute atomic E-state index is 0.310. The SMILES string of the molecule is Cc1nccn1CCOc1cccc(CN2CCC[C@@](O)(COc3ccccc3)C2)c1. The zero-order valence-electron chi connectivity index (χ0n) is 18.1. The molecular weight excluding hydrogens is 390 g/mol. The smallest absolute Gasteiger partial charge is 0.119 e. The molecule has 2 heterocycles. The maximum absolute atomic E-state index is 11.1. The number of benzene rings is 2. The first-order valence-corrected chi connectivity index (χ1v) is 10.9. The van der Waals surface area contributed by atoms with Gasteiger partial charge in [-0.25, -0.2) is 4.98 Å². The zero-order chi connectivity index (χ0) is 21.5. The fourth-order valence-electron chi connectivity index (χ4n) is 4.09. The summed E-state index contributed by atoms with van der Waals surface area (Å²) in [5.41, 5.74) is 0.356. The van der Waals surface area contributed by atoms with Gasteiger partial charge in [0.15, 0.2) is 0 Å². The Kier molecular flexibility index (Phi) is 6.89. The van der Waals surface area contributed by atoms with Crippen molar-refractivity contribution in [2.24, 2.45) is 0 Å². The minimum atomic E-state index is -0.829. The van der Waals surface area contributed by atoms with Gasteiger partial charge in [0, 0.05) is 25.5 Å². The van der Waals surface area contributed by atoms with Crippen molar-refractivity contribution in [2.45, 2.75) is 38.5 Å². The van der Waals surface area contributed by atoms with Gasteiger partial charge in [-0.1, -0.05) is 30.3 Å². The number of aryl methyl sites for hydroxylation is 1.